The number of nitrogens with zero attached hydrogens (tertiary/aromatic N) is 2. The van der Waals surface area contributed by atoms with Crippen molar-refractivity contribution in [2.45, 2.75) is 32.4 Å². The number of rotatable bonds is 4. The Labute approximate surface area is 99.7 Å². The van der Waals surface area contributed by atoms with E-state index in [1.165, 1.54) is 0 Å². The molecule has 2 rings (SSSR count). The van der Waals surface area contributed by atoms with E-state index in [-0.39, 0.29) is 18.4 Å². The molecular weight excluding hydrogens is 222 g/mol. The molecule has 17 heavy (non-hydrogen) atoms. The molecule has 0 aliphatic carbocycles. The van der Waals surface area contributed by atoms with E-state index in [2.05, 4.69) is 5.10 Å². The van der Waals surface area contributed by atoms with Crippen LogP contribution < -0.4 is 5.73 Å². The van der Waals surface area contributed by atoms with E-state index in [9.17, 15) is 4.79 Å². The van der Waals surface area contributed by atoms with Crippen LogP contribution in [0, 0.1) is 0 Å². The zero-order valence-corrected chi connectivity index (χ0v) is 9.89. The molecular formula is C11H17N3O3. The highest BCUT2D eigenvalue weighted by Crippen LogP contribution is 2.14. The zero-order valence-electron chi connectivity index (χ0n) is 9.89. The minimum absolute atomic E-state index is 0.0217. The van der Waals surface area contributed by atoms with Crippen molar-refractivity contribution in [2.75, 3.05) is 18.9 Å². The lowest BCUT2D eigenvalue weighted by Crippen LogP contribution is -2.18. The number of carbonyl (C=O) groups is 1. The number of hydrogen-bond donors (Lipinski definition) is 1. The molecule has 1 aromatic heterocycles. The Morgan fingerprint density at radius 2 is 2.59 bits per heavy atom. The van der Waals surface area contributed by atoms with Gasteiger partial charge in [0.05, 0.1) is 11.8 Å². The molecule has 0 radical (unpaired) electrons. The van der Waals surface area contributed by atoms with Gasteiger partial charge in [0.25, 0.3) is 0 Å². The Kier molecular flexibility index (Phi) is 3.63. The minimum atomic E-state index is -0.481. The predicted molar refractivity (Wildman–Crippen MR) is 61.6 cm³/mol. The monoisotopic (exact) mass is 239 g/mol. The van der Waals surface area contributed by atoms with Gasteiger partial charge in [-0.15, -0.1) is 0 Å². The number of nitrogens with two attached hydrogens (primary N) is 1. The summed E-state index contributed by atoms with van der Waals surface area (Å²) in [5, 5.41) is 4.05. The van der Waals surface area contributed by atoms with Crippen molar-refractivity contribution >= 4 is 11.7 Å². The normalized spacial score (nSPS) is 19.5. The highest BCUT2D eigenvalue weighted by atomic mass is 16.6. The van der Waals surface area contributed by atoms with E-state index in [0.29, 0.717) is 12.2 Å². The van der Waals surface area contributed by atoms with Crippen LogP contribution in [0.2, 0.25) is 0 Å². The molecule has 1 unspecified atom stereocenters. The number of aryl methyl sites for hydroxylation is 1. The molecule has 0 saturated carbocycles. The molecule has 1 fully saturated rings. The Morgan fingerprint density at radius 1 is 1.76 bits per heavy atom. The Hall–Kier alpha value is -1.56. The van der Waals surface area contributed by atoms with Crippen LogP contribution in [0.5, 0.6) is 0 Å². The molecule has 1 aromatic rings. The fourth-order valence-electron chi connectivity index (χ4n) is 1.77. The molecule has 0 amide bonds. The van der Waals surface area contributed by atoms with E-state index in [4.69, 9.17) is 15.2 Å². The lowest BCUT2D eigenvalue weighted by Gasteiger charge is -2.09. The van der Waals surface area contributed by atoms with E-state index in [0.717, 1.165) is 19.4 Å². The largest absolute Gasteiger partial charge is 0.458 e. The lowest BCUT2D eigenvalue weighted by atomic mass is 10.2. The summed E-state index contributed by atoms with van der Waals surface area (Å²) in [7, 11) is 0. The van der Waals surface area contributed by atoms with Gasteiger partial charge < -0.3 is 15.2 Å². The van der Waals surface area contributed by atoms with Crippen LogP contribution in [-0.2, 0) is 16.0 Å². The minimum Gasteiger partial charge on any atom is -0.458 e. The molecule has 0 bridgehead atoms. The van der Waals surface area contributed by atoms with Crippen molar-refractivity contribution < 1.29 is 14.3 Å². The third-order valence-corrected chi connectivity index (χ3v) is 2.73. The number of anilines is 1. The van der Waals surface area contributed by atoms with Crippen LogP contribution in [0.3, 0.4) is 0 Å². The van der Waals surface area contributed by atoms with E-state index >= 15 is 0 Å². The van der Waals surface area contributed by atoms with E-state index in [1.807, 2.05) is 6.92 Å². The van der Waals surface area contributed by atoms with Crippen LogP contribution in [0.4, 0.5) is 5.69 Å². The van der Waals surface area contributed by atoms with Gasteiger partial charge in [0.1, 0.15) is 6.61 Å². The summed E-state index contributed by atoms with van der Waals surface area (Å²) in [5.41, 5.74) is 6.22. The van der Waals surface area contributed by atoms with Crippen LogP contribution in [0.15, 0.2) is 6.20 Å². The van der Waals surface area contributed by atoms with Gasteiger partial charge in [0, 0.05) is 19.3 Å². The van der Waals surface area contributed by atoms with Gasteiger partial charge in [-0.05, 0) is 19.8 Å². The summed E-state index contributed by atoms with van der Waals surface area (Å²) in [6.07, 6.45) is 3.61. The third kappa shape index (κ3) is 2.76. The van der Waals surface area contributed by atoms with Gasteiger partial charge in [0.15, 0.2) is 5.69 Å². The summed E-state index contributed by atoms with van der Waals surface area (Å²) < 4.78 is 12.1. The smallest absolute Gasteiger partial charge is 0.361 e. The molecule has 6 heteroatoms. The maximum Gasteiger partial charge on any atom is 0.361 e. The molecule has 94 valence electrons. The van der Waals surface area contributed by atoms with Crippen molar-refractivity contribution in [3.05, 3.63) is 11.9 Å². The fourth-order valence-corrected chi connectivity index (χ4v) is 1.77. The molecule has 6 nitrogen and oxygen atoms in total. The summed E-state index contributed by atoms with van der Waals surface area (Å²) in [4.78, 5) is 11.7. The molecule has 1 aliphatic heterocycles. The van der Waals surface area contributed by atoms with Gasteiger partial charge in [-0.3, -0.25) is 4.68 Å². The standard InChI is InChI=1S/C11H17N3O3/c1-2-14-6-9(12)10(13-14)11(15)17-7-8-4-3-5-16-8/h6,8H,2-5,7,12H2,1H3. The maximum atomic E-state index is 11.7. The third-order valence-electron chi connectivity index (χ3n) is 2.73. The second-order valence-electron chi connectivity index (χ2n) is 4.02. The van der Waals surface area contributed by atoms with Crippen LogP contribution in [0.1, 0.15) is 30.3 Å². The van der Waals surface area contributed by atoms with Gasteiger partial charge in [-0.1, -0.05) is 0 Å². The number of ether oxygens (including phenoxy) is 2. The van der Waals surface area contributed by atoms with Gasteiger partial charge in [0.2, 0.25) is 0 Å². The quantitative estimate of drug-likeness (QED) is 0.787. The Morgan fingerprint density at radius 3 is 3.18 bits per heavy atom. The van der Waals surface area contributed by atoms with Crippen molar-refractivity contribution in [1.82, 2.24) is 9.78 Å². The number of carbonyl (C=O) groups excluding carboxylic acids is 1. The summed E-state index contributed by atoms with van der Waals surface area (Å²) in [6, 6.07) is 0. The highest BCUT2D eigenvalue weighted by Gasteiger charge is 2.20. The van der Waals surface area contributed by atoms with Crippen LogP contribution in [-0.4, -0.2) is 35.1 Å². The average molecular weight is 239 g/mol. The SMILES string of the molecule is CCn1cc(N)c(C(=O)OCC2CCCO2)n1. The maximum absolute atomic E-state index is 11.7. The van der Waals surface area contributed by atoms with Crippen molar-refractivity contribution in [3.8, 4) is 0 Å². The highest BCUT2D eigenvalue weighted by molar-refractivity contribution is 5.92. The molecule has 1 atom stereocenters. The topological polar surface area (TPSA) is 79.4 Å². The first-order valence-corrected chi connectivity index (χ1v) is 5.82. The lowest BCUT2D eigenvalue weighted by molar-refractivity contribution is 0.0156. The van der Waals surface area contributed by atoms with E-state index < -0.39 is 5.97 Å². The average Bonchev–Trinajstić information content (AvgIpc) is 2.94. The number of aromatic nitrogens is 2. The second-order valence-corrected chi connectivity index (χ2v) is 4.02. The molecule has 2 heterocycles. The summed E-state index contributed by atoms with van der Waals surface area (Å²) >= 11 is 0. The van der Waals surface area contributed by atoms with Gasteiger partial charge in [-0.25, -0.2) is 4.79 Å². The first kappa shape index (κ1) is 11.9. The Bertz CT molecular complexity index is 397. The second kappa shape index (κ2) is 5.18. The molecule has 1 saturated heterocycles. The number of hydrogen-bond acceptors (Lipinski definition) is 5. The zero-order chi connectivity index (χ0) is 12.3. The fraction of sp³-hybridized carbons (Fsp3) is 0.636. The first-order chi connectivity index (χ1) is 8.20. The van der Waals surface area contributed by atoms with Crippen molar-refractivity contribution in [2.24, 2.45) is 0 Å². The van der Waals surface area contributed by atoms with Gasteiger partial charge in [-0.2, -0.15) is 5.10 Å². The van der Waals surface area contributed by atoms with Crippen molar-refractivity contribution in [1.29, 1.82) is 0 Å². The molecule has 2 N–H and O–H groups in total. The molecule has 1 aliphatic rings. The predicted octanol–water partition coefficient (Wildman–Crippen LogP) is 0.821. The van der Waals surface area contributed by atoms with E-state index in [1.54, 1.807) is 10.9 Å². The van der Waals surface area contributed by atoms with Crippen LogP contribution in [0.25, 0.3) is 0 Å². The van der Waals surface area contributed by atoms with Crippen molar-refractivity contribution in [3.63, 3.8) is 0 Å². The number of nitrogen functional groups attached to an aromatic ring is 1. The Balaban J connectivity index is 1.91. The molecule has 0 aromatic carbocycles. The summed E-state index contributed by atoms with van der Waals surface area (Å²) in [5.74, 6) is -0.481. The molecule has 0 spiro atoms. The van der Waals surface area contributed by atoms with Gasteiger partial charge >= 0.3 is 5.97 Å². The first-order valence-electron chi connectivity index (χ1n) is 5.82. The number of esters is 1. The van der Waals surface area contributed by atoms with Crippen LogP contribution >= 0.6 is 0 Å². The summed E-state index contributed by atoms with van der Waals surface area (Å²) in [6.45, 7) is 3.61.